The highest BCUT2D eigenvalue weighted by atomic mass is 19.4. The highest BCUT2D eigenvalue weighted by Crippen LogP contribution is 2.24. The second kappa shape index (κ2) is 9.37. The van der Waals surface area contributed by atoms with Gasteiger partial charge in [0, 0.05) is 26.2 Å². The molecule has 1 fully saturated rings. The lowest BCUT2D eigenvalue weighted by atomic mass is 10.1. The molecule has 3 heterocycles. The molecule has 0 unspecified atom stereocenters. The molecule has 182 valence electrons. The van der Waals surface area contributed by atoms with Crippen LogP contribution in [0, 0.1) is 0 Å². The summed E-state index contributed by atoms with van der Waals surface area (Å²) in [4.78, 5) is 30.0. The number of ether oxygens (including phenoxy) is 1. The lowest BCUT2D eigenvalue weighted by Gasteiger charge is -2.33. The van der Waals surface area contributed by atoms with Crippen molar-refractivity contribution in [2.24, 2.45) is 0 Å². The number of carbonyl (C=O) groups is 1. The minimum absolute atomic E-state index is 0.289. The molecule has 1 aliphatic rings. The van der Waals surface area contributed by atoms with Gasteiger partial charge in [0.2, 0.25) is 5.91 Å². The van der Waals surface area contributed by atoms with Gasteiger partial charge in [-0.25, -0.2) is 13.9 Å². The monoisotopic (exact) mass is 478 g/mol. The number of hydrogen-bond acceptors (Lipinski definition) is 6. The Morgan fingerprint density at radius 3 is 2.44 bits per heavy atom. The van der Waals surface area contributed by atoms with Gasteiger partial charge >= 0.3 is 12.1 Å². The number of piperazine rings is 1. The lowest BCUT2D eigenvalue weighted by molar-refractivity contribution is -0.274. The number of alkyl halides is 3. The molecule has 4 rings (SSSR count). The van der Waals surface area contributed by atoms with Crippen LogP contribution in [0.3, 0.4) is 0 Å². The first kappa shape index (κ1) is 23.6. The number of carbonyl (C=O) groups excluding carboxylic acids is 1. The fourth-order valence-electron chi connectivity index (χ4n) is 3.89. The summed E-state index contributed by atoms with van der Waals surface area (Å²) < 4.78 is 43.4. The Bertz CT molecular complexity index is 1210. The van der Waals surface area contributed by atoms with E-state index in [4.69, 9.17) is 0 Å². The Morgan fingerprint density at radius 1 is 1.12 bits per heavy atom. The number of benzene rings is 1. The first-order valence-corrected chi connectivity index (χ1v) is 10.8. The van der Waals surface area contributed by atoms with Gasteiger partial charge in [-0.2, -0.15) is 0 Å². The van der Waals surface area contributed by atoms with Crippen LogP contribution in [0.15, 0.2) is 47.3 Å². The molecule has 1 aromatic carbocycles. The second-order valence-electron chi connectivity index (χ2n) is 8.21. The maximum atomic E-state index is 13.0. The van der Waals surface area contributed by atoms with Crippen LogP contribution in [-0.2, 0) is 11.3 Å². The third kappa shape index (κ3) is 5.33. The van der Waals surface area contributed by atoms with Crippen molar-refractivity contribution < 1.29 is 22.7 Å². The molecule has 3 aromatic rings. The number of rotatable bonds is 6. The quantitative estimate of drug-likeness (QED) is 0.584. The maximum absolute atomic E-state index is 13.0. The molecule has 12 heteroatoms. The van der Waals surface area contributed by atoms with E-state index >= 15 is 0 Å². The predicted octanol–water partition coefficient (Wildman–Crippen LogP) is 2.02. The number of pyridine rings is 1. The van der Waals surface area contributed by atoms with E-state index in [-0.39, 0.29) is 12.3 Å². The van der Waals surface area contributed by atoms with Gasteiger partial charge in [-0.05, 0) is 43.8 Å². The van der Waals surface area contributed by atoms with Gasteiger partial charge in [-0.3, -0.25) is 4.79 Å². The number of fused-ring (bicyclic) bond motifs is 1. The Kier molecular flexibility index (Phi) is 6.51. The van der Waals surface area contributed by atoms with Crippen molar-refractivity contribution in [2.75, 3.05) is 38.1 Å². The molecule has 1 aliphatic heterocycles. The normalized spacial score (nSPS) is 16.0. The van der Waals surface area contributed by atoms with Crippen LogP contribution in [0.1, 0.15) is 18.5 Å². The van der Waals surface area contributed by atoms with Crippen LogP contribution < -0.4 is 20.6 Å². The van der Waals surface area contributed by atoms with Crippen molar-refractivity contribution in [1.29, 1.82) is 0 Å². The third-order valence-corrected chi connectivity index (χ3v) is 5.70. The molecular weight excluding hydrogens is 453 g/mol. The van der Waals surface area contributed by atoms with Crippen LogP contribution in [0.4, 0.5) is 19.0 Å². The topological polar surface area (TPSA) is 84.1 Å². The van der Waals surface area contributed by atoms with Crippen molar-refractivity contribution in [3.05, 3.63) is 58.5 Å². The number of nitrogens with one attached hydrogen (secondary N) is 1. The number of anilines is 1. The van der Waals surface area contributed by atoms with Crippen molar-refractivity contribution in [2.45, 2.75) is 25.9 Å². The first-order valence-electron chi connectivity index (χ1n) is 10.8. The number of halogens is 3. The second-order valence-corrected chi connectivity index (χ2v) is 8.21. The van der Waals surface area contributed by atoms with Crippen molar-refractivity contribution in [1.82, 2.24) is 24.4 Å². The molecule has 0 aliphatic carbocycles. The molecule has 9 nitrogen and oxygen atoms in total. The summed E-state index contributed by atoms with van der Waals surface area (Å²) in [6, 6.07) is 10.1. The molecule has 0 radical (unpaired) electrons. The van der Waals surface area contributed by atoms with E-state index < -0.39 is 24.0 Å². The van der Waals surface area contributed by atoms with Gasteiger partial charge in [0.25, 0.3) is 0 Å². The van der Waals surface area contributed by atoms with Crippen LogP contribution in [0.2, 0.25) is 0 Å². The van der Waals surface area contributed by atoms with Crippen molar-refractivity contribution in [3.63, 3.8) is 0 Å². The van der Waals surface area contributed by atoms with Crippen molar-refractivity contribution >= 4 is 17.4 Å². The summed E-state index contributed by atoms with van der Waals surface area (Å²) in [6.45, 7) is 4.71. The van der Waals surface area contributed by atoms with Gasteiger partial charge in [0.05, 0.1) is 6.04 Å². The fourth-order valence-corrected chi connectivity index (χ4v) is 3.89. The lowest BCUT2D eigenvalue weighted by Crippen LogP contribution is -2.45. The van der Waals surface area contributed by atoms with E-state index in [1.807, 2.05) is 19.2 Å². The third-order valence-electron chi connectivity index (χ3n) is 5.70. The molecule has 0 bridgehead atoms. The summed E-state index contributed by atoms with van der Waals surface area (Å²) >= 11 is 0. The van der Waals surface area contributed by atoms with Crippen LogP contribution in [-0.4, -0.2) is 64.6 Å². The number of amides is 1. The fraction of sp³-hybridized carbons (Fsp3) is 0.409. The number of nitrogens with zero attached hydrogens (tertiary/aromatic N) is 5. The highest BCUT2D eigenvalue weighted by molar-refractivity contribution is 5.76. The van der Waals surface area contributed by atoms with Gasteiger partial charge in [-0.1, -0.05) is 18.2 Å². The van der Waals surface area contributed by atoms with Gasteiger partial charge in [0.1, 0.15) is 18.1 Å². The summed E-state index contributed by atoms with van der Waals surface area (Å²) in [5, 5.41) is 7.03. The average Bonchev–Trinajstić information content (AvgIpc) is 3.09. The zero-order valence-electron chi connectivity index (χ0n) is 18.7. The molecule has 0 spiro atoms. The maximum Gasteiger partial charge on any atom is 0.573 e. The SMILES string of the molecule is C[C@H](NC(=O)Cn1nc2cccc(N3CCN(C)CC3)n2c1=O)c1ccc(OC(F)(F)F)cc1. The molecule has 34 heavy (non-hydrogen) atoms. The highest BCUT2D eigenvalue weighted by Gasteiger charge is 2.31. The van der Waals surface area contributed by atoms with E-state index in [9.17, 15) is 22.8 Å². The minimum atomic E-state index is -4.77. The summed E-state index contributed by atoms with van der Waals surface area (Å²) in [7, 11) is 2.05. The van der Waals surface area contributed by atoms with E-state index in [0.29, 0.717) is 11.2 Å². The predicted molar refractivity (Wildman–Crippen MR) is 119 cm³/mol. The van der Waals surface area contributed by atoms with E-state index in [1.165, 1.54) is 28.7 Å². The molecule has 1 N–H and O–H groups in total. The number of aromatic nitrogens is 3. The zero-order chi connectivity index (χ0) is 24.5. The number of hydrogen-bond donors (Lipinski definition) is 1. The largest absolute Gasteiger partial charge is 0.573 e. The van der Waals surface area contributed by atoms with E-state index in [1.54, 1.807) is 13.0 Å². The molecule has 2 aromatic heterocycles. The average molecular weight is 478 g/mol. The van der Waals surface area contributed by atoms with Crippen molar-refractivity contribution in [3.8, 4) is 5.75 Å². The van der Waals surface area contributed by atoms with E-state index in [0.717, 1.165) is 36.7 Å². The van der Waals surface area contributed by atoms with Crippen LogP contribution >= 0.6 is 0 Å². The van der Waals surface area contributed by atoms with E-state index in [2.05, 4.69) is 25.0 Å². The molecule has 1 saturated heterocycles. The summed E-state index contributed by atoms with van der Waals surface area (Å²) in [5.74, 6) is -0.0613. The Hall–Kier alpha value is -3.54. The zero-order valence-corrected chi connectivity index (χ0v) is 18.7. The standard InChI is InChI=1S/C22H25F3N6O3/c1-15(16-6-8-17(9-7-16)34-22(23,24)25)26-19(32)14-30-21(33)31-18(27-30)4-3-5-20(31)29-12-10-28(2)11-13-29/h3-9,15H,10-14H2,1-2H3,(H,26,32)/t15-/m0/s1. The summed E-state index contributed by atoms with van der Waals surface area (Å²) in [6.07, 6.45) is -4.77. The Morgan fingerprint density at radius 2 is 1.79 bits per heavy atom. The molecule has 1 amide bonds. The number of likely N-dealkylation sites (N-methyl/N-ethyl adjacent to an activating group) is 1. The smallest absolute Gasteiger partial charge is 0.406 e. The minimum Gasteiger partial charge on any atom is -0.406 e. The van der Waals surface area contributed by atoms with Gasteiger partial charge in [0.15, 0.2) is 5.65 Å². The van der Waals surface area contributed by atoms with Gasteiger partial charge < -0.3 is 19.9 Å². The molecule has 1 atom stereocenters. The molecule has 0 saturated carbocycles. The van der Waals surface area contributed by atoms with Crippen LogP contribution in [0.5, 0.6) is 5.75 Å². The first-order chi connectivity index (χ1) is 16.1. The Balaban J connectivity index is 1.45. The summed E-state index contributed by atoms with van der Waals surface area (Å²) in [5.41, 5.74) is 0.617. The Labute approximate surface area is 193 Å². The van der Waals surface area contributed by atoms with Gasteiger partial charge in [-0.15, -0.1) is 18.3 Å². The van der Waals surface area contributed by atoms with Crippen LogP contribution in [0.25, 0.3) is 5.65 Å². The molecular formula is C22H25F3N6O3.